The molecule has 1 saturated heterocycles. The molecule has 6 nitrogen and oxygen atoms in total. The molecule has 2 fully saturated rings. The van der Waals surface area contributed by atoms with Gasteiger partial charge in [-0.25, -0.2) is 8.42 Å². The van der Waals surface area contributed by atoms with Crippen molar-refractivity contribution < 1.29 is 17.9 Å². The van der Waals surface area contributed by atoms with Crippen molar-refractivity contribution in [1.82, 2.24) is 9.62 Å². The summed E-state index contributed by atoms with van der Waals surface area (Å²) in [5.74, 6) is -0.356. The van der Waals surface area contributed by atoms with Crippen LogP contribution >= 0.6 is 23.2 Å². The van der Waals surface area contributed by atoms with Gasteiger partial charge in [0.25, 0.3) is 5.91 Å². The third kappa shape index (κ3) is 5.19. The van der Waals surface area contributed by atoms with Gasteiger partial charge in [-0.3, -0.25) is 4.79 Å². The molecule has 1 N–H and O–H groups in total. The highest BCUT2D eigenvalue weighted by Gasteiger charge is 2.30. The van der Waals surface area contributed by atoms with Crippen molar-refractivity contribution in [2.45, 2.75) is 55.9 Å². The molecular formula is C19H26Cl2N2O4S. The number of nitrogens with zero attached hydrogens (tertiary/aromatic N) is 1. The fourth-order valence-electron chi connectivity index (χ4n) is 3.69. The minimum Gasteiger partial charge on any atom is -0.379 e. The van der Waals surface area contributed by atoms with Crippen LogP contribution in [0.15, 0.2) is 17.0 Å². The van der Waals surface area contributed by atoms with E-state index in [9.17, 15) is 13.2 Å². The van der Waals surface area contributed by atoms with E-state index in [1.54, 1.807) is 0 Å². The Labute approximate surface area is 176 Å². The molecule has 0 bridgehead atoms. The van der Waals surface area contributed by atoms with Crippen LogP contribution < -0.4 is 5.32 Å². The first-order valence-electron chi connectivity index (χ1n) is 9.77. The van der Waals surface area contributed by atoms with Crippen molar-refractivity contribution >= 4 is 39.1 Å². The van der Waals surface area contributed by atoms with Gasteiger partial charge in [0, 0.05) is 19.1 Å². The summed E-state index contributed by atoms with van der Waals surface area (Å²) in [6, 6.07) is 2.72. The second kappa shape index (κ2) is 9.76. The molecule has 1 aromatic rings. The Hall–Kier alpha value is -0.860. The van der Waals surface area contributed by atoms with E-state index in [0.29, 0.717) is 13.2 Å². The zero-order valence-electron chi connectivity index (χ0n) is 15.8. The minimum atomic E-state index is -3.83. The van der Waals surface area contributed by atoms with Gasteiger partial charge in [-0.2, -0.15) is 4.31 Å². The largest absolute Gasteiger partial charge is 0.379 e. The first kappa shape index (κ1) is 21.8. The highest BCUT2D eigenvalue weighted by molar-refractivity contribution is 7.89. The Morgan fingerprint density at radius 3 is 2.25 bits per heavy atom. The molecule has 1 saturated carbocycles. The molecule has 0 atom stereocenters. The number of carbonyl (C=O) groups excluding carboxylic acids is 1. The predicted molar refractivity (Wildman–Crippen MR) is 110 cm³/mol. The summed E-state index contributed by atoms with van der Waals surface area (Å²) in [5, 5.41) is 3.19. The maximum Gasteiger partial charge on any atom is 0.253 e. The first-order valence-corrected chi connectivity index (χ1v) is 12.0. The van der Waals surface area contributed by atoms with Crippen LogP contribution in [0.2, 0.25) is 10.0 Å². The highest BCUT2D eigenvalue weighted by Crippen LogP contribution is 2.31. The summed E-state index contributed by atoms with van der Waals surface area (Å²) < 4.78 is 32.5. The van der Waals surface area contributed by atoms with E-state index in [2.05, 4.69) is 5.32 Å². The molecule has 1 amide bonds. The third-order valence-corrected chi connectivity index (χ3v) is 7.97. The lowest BCUT2D eigenvalue weighted by atomic mass is 9.96. The fourth-order valence-corrected chi connectivity index (χ4v) is 5.93. The smallest absolute Gasteiger partial charge is 0.253 e. The predicted octanol–water partition coefficient (Wildman–Crippen LogP) is 3.86. The number of nitrogens with one attached hydrogen (secondary N) is 1. The quantitative estimate of drug-likeness (QED) is 0.758. The maximum absolute atomic E-state index is 13.0. The monoisotopic (exact) mass is 448 g/mol. The Kier molecular flexibility index (Phi) is 7.61. The second-order valence-corrected chi connectivity index (χ2v) is 10.0. The first-order chi connectivity index (χ1) is 13.4. The average molecular weight is 449 g/mol. The van der Waals surface area contributed by atoms with Crippen LogP contribution in [0.3, 0.4) is 0 Å². The van der Waals surface area contributed by atoms with E-state index in [0.717, 1.165) is 25.7 Å². The van der Waals surface area contributed by atoms with Gasteiger partial charge in [-0.05, 0) is 25.0 Å². The normalized spacial score (nSPS) is 20.4. The number of carbonyl (C=O) groups is 1. The topological polar surface area (TPSA) is 75.7 Å². The van der Waals surface area contributed by atoms with Gasteiger partial charge in [0.05, 0.1) is 28.8 Å². The summed E-state index contributed by atoms with van der Waals surface area (Å²) in [6.07, 6.45) is 7.61. The van der Waals surface area contributed by atoms with Gasteiger partial charge in [0.15, 0.2) is 0 Å². The van der Waals surface area contributed by atoms with Gasteiger partial charge in [0.2, 0.25) is 10.0 Å². The lowest BCUT2D eigenvalue weighted by molar-refractivity contribution is 0.0730. The molecule has 3 rings (SSSR count). The standard InChI is InChI=1S/C19H26Cl2N2O4S/c20-16-13-17(21)18(28(25,26)23-8-10-27-11-9-23)12-15(16)19(24)22-14-6-4-2-1-3-5-7-14/h12-14H,1-11H2,(H,22,24). The number of ether oxygens (including phenoxy) is 1. The molecule has 1 aliphatic carbocycles. The second-order valence-electron chi connectivity index (χ2n) is 7.29. The number of morpholine rings is 1. The molecular weight excluding hydrogens is 423 g/mol. The lowest BCUT2D eigenvalue weighted by Crippen LogP contribution is -2.41. The van der Waals surface area contributed by atoms with Gasteiger partial charge in [-0.15, -0.1) is 0 Å². The summed E-state index contributed by atoms with van der Waals surface area (Å²) in [6.45, 7) is 1.18. The molecule has 2 aliphatic rings. The van der Waals surface area contributed by atoms with Crippen molar-refractivity contribution in [3.05, 3.63) is 27.7 Å². The lowest BCUT2D eigenvalue weighted by Gasteiger charge is -2.27. The summed E-state index contributed by atoms with van der Waals surface area (Å²) in [4.78, 5) is 12.7. The van der Waals surface area contributed by atoms with Crippen LogP contribution in [-0.2, 0) is 14.8 Å². The summed E-state index contributed by atoms with van der Waals surface area (Å²) >= 11 is 12.4. The van der Waals surface area contributed by atoms with Crippen molar-refractivity contribution in [2.24, 2.45) is 0 Å². The molecule has 1 aromatic carbocycles. The summed E-state index contributed by atoms with van der Waals surface area (Å²) in [5.41, 5.74) is 0.139. The third-order valence-electron chi connectivity index (χ3n) is 5.29. The maximum atomic E-state index is 13.0. The van der Waals surface area contributed by atoms with E-state index < -0.39 is 10.0 Å². The fraction of sp³-hybridized carbons (Fsp3) is 0.632. The molecule has 1 heterocycles. The van der Waals surface area contributed by atoms with Gasteiger partial charge < -0.3 is 10.1 Å². The van der Waals surface area contributed by atoms with Gasteiger partial charge in [-0.1, -0.05) is 55.3 Å². The Balaban J connectivity index is 1.83. The van der Waals surface area contributed by atoms with Crippen molar-refractivity contribution in [3.8, 4) is 0 Å². The SMILES string of the molecule is O=C(NC1CCCCCCC1)c1cc(S(=O)(=O)N2CCOCC2)c(Cl)cc1Cl. The van der Waals surface area contributed by atoms with E-state index in [-0.39, 0.29) is 45.5 Å². The van der Waals surface area contributed by atoms with Crippen LogP contribution in [0.4, 0.5) is 0 Å². The van der Waals surface area contributed by atoms with E-state index in [4.69, 9.17) is 27.9 Å². The molecule has 28 heavy (non-hydrogen) atoms. The number of amides is 1. The van der Waals surface area contributed by atoms with Crippen LogP contribution in [0.5, 0.6) is 0 Å². The van der Waals surface area contributed by atoms with Crippen LogP contribution in [0.25, 0.3) is 0 Å². The molecule has 156 valence electrons. The molecule has 9 heteroatoms. The van der Waals surface area contributed by atoms with Crippen LogP contribution in [0, 0.1) is 0 Å². The average Bonchev–Trinajstić information content (AvgIpc) is 2.64. The van der Waals surface area contributed by atoms with Crippen molar-refractivity contribution in [3.63, 3.8) is 0 Å². The van der Waals surface area contributed by atoms with Crippen molar-refractivity contribution in [2.75, 3.05) is 26.3 Å². The molecule has 0 aromatic heterocycles. The number of rotatable bonds is 4. The van der Waals surface area contributed by atoms with Gasteiger partial charge in [0.1, 0.15) is 4.90 Å². The van der Waals surface area contributed by atoms with E-state index >= 15 is 0 Å². The zero-order valence-corrected chi connectivity index (χ0v) is 18.1. The number of hydrogen-bond acceptors (Lipinski definition) is 4. The van der Waals surface area contributed by atoms with E-state index in [1.807, 2.05) is 0 Å². The Morgan fingerprint density at radius 1 is 1.00 bits per heavy atom. The number of hydrogen-bond donors (Lipinski definition) is 1. The number of sulfonamides is 1. The summed E-state index contributed by atoms with van der Waals surface area (Å²) in [7, 11) is -3.83. The highest BCUT2D eigenvalue weighted by atomic mass is 35.5. The molecule has 1 aliphatic heterocycles. The molecule has 0 radical (unpaired) electrons. The van der Waals surface area contributed by atoms with Crippen LogP contribution in [0.1, 0.15) is 55.3 Å². The molecule has 0 spiro atoms. The zero-order chi connectivity index (χ0) is 20.1. The Morgan fingerprint density at radius 2 is 1.61 bits per heavy atom. The van der Waals surface area contributed by atoms with Gasteiger partial charge >= 0.3 is 0 Å². The van der Waals surface area contributed by atoms with E-state index in [1.165, 1.54) is 35.7 Å². The van der Waals surface area contributed by atoms with Crippen molar-refractivity contribution in [1.29, 1.82) is 0 Å². The molecule has 0 unspecified atom stereocenters. The Bertz CT molecular complexity index is 802. The minimum absolute atomic E-state index is 0.0130. The number of benzene rings is 1. The van der Waals surface area contributed by atoms with Crippen LogP contribution in [-0.4, -0.2) is 51.0 Å². The number of halogens is 2.